The van der Waals surface area contributed by atoms with Crippen molar-refractivity contribution in [3.05, 3.63) is 0 Å². The molecule has 0 aromatic heterocycles. The third-order valence-electron chi connectivity index (χ3n) is 11.9. The SMILES string of the molecule is CCCCCCCCCCCCCCCCCCCCCCCCCCCCCCCCCC(=O)OC[C@H](COP(=O)(O)OC1C(O)C(O)C(O)[C@@H](O)C1O)OC(=O)CCC. The lowest BCUT2D eigenvalue weighted by Gasteiger charge is -2.41. The first kappa shape index (κ1) is 57.9. The van der Waals surface area contributed by atoms with Gasteiger partial charge in [-0.3, -0.25) is 18.6 Å². The molecule has 0 bridgehead atoms. The van der Waals surface area contributed by atoms with Crippen LogP contribution >= 0.6 is 7.82 Å². The normalized spacial score (nSPS) is 21.9. The maximum absolute atomic E-state index is 12.6. The Kier molecular flexibility index (Phi) is 36.2. The molecule has 61 heavy (non-hydrogen) atoms. The summed E-state index contributed by atoms with van der Waals surface area (Å²) >= 11 is 0. The maximum atomic E-state index is 12.6. The molecule has 1 fully saturated rings. The largest absolute Gasteiger partial charge is 0.472 e. The first-order valence-corrected chi connectivity index (χ1v) is 26.3. The highest BCUT2D eigenvalue weighted by Gasteiger charge is 2.51. The van der Waals surface area contributed by atoms with Crippen LogP contribution in [0.5, 0.6) is 0 Å². The van der Waals surface area contributed by atoms with Crippen molar-refractivity contribution in [3.8, 4) is 0 Å². The minimum atomic E-state index is -5.08. The van der Waals surface area contributed by atoms with Crippen LogP contribution < -0.4 is 0 Å². The molecule has 8 atom stereocenters. The lowest BCUT2D eigenvalue weighted by molar-refractivity contribution is -0.220. The van der Waals surface area contributed by atoms with Gasteiger partial charge in [-0.2, -0.15) is 0 Å². The van der Waals surface area contributed by atoms with E-state index < -0.39 is 75.7 Å². The quantitative estimate of drug-likeness (QED) is 0.0192. The molecule has 0 heterocycles. The van der Waals surface area contributed by atoms with E-state index in [1.807, 2.05) is 0 Å². The molecular weight excluding hydrogens is 803 g/mol. The van der Waals surface area contributed by atoms with E-state index in [4.69, 9.17) is 18.5 Å². The molecule has 0 amide bonds. The summed E-state index contributed by atoms with van der Waals surface area (Å²) in [6, 6.07) is 0. The lowest BCUT2D eigenvalue weighted by atomic mass is 9.85. The molecule has 6 N–H and O–H groups in total. The van der Waals surface area contributed by atoms with Gasteiger partial charge in [0, 0.05) is 12.8 Å². The summed E-state index contributed by atoms with van der Waals surface area (Å²) in [4.78, 5) is 34.7. The molecule has 0 aromatic rings. The number of ether oxygens (including phenoxy) is 2. The minimum absolute atomic E-state index is 0.0516. The van der Waals surface area contributed by atoms with E-state index in [0.717, 1.165) is 19.3 Å². The predicted molar refractivity (Wildman–Crippen MR) is 240 cm³/mol. The standard InChI is InChI=1S/C47H91O13P/c1-3-5-6-7-8-9-10-11-12-13-14-15-16-17-18-19-20-21-22-23-24-25-26-27-28-29-30-31-32-33-34-36-40(48)57-37-39(59-41(49)35-4-2)38-58-61(55,56)60-47-45(53)43(51)42(50)44(52)46(47)54/h39,42-47,50-54H,3-38H2,1-2H3,(H,55,56)/t39-,42?,43-,44?,45?,46?,47?/m1/s1. The first-order chi connectivity index (χ1) is 29.4. The summed E-state index contributed by atoms with van der Waals surface area (Å²) in [6.45, 7) is 2.87. The van der Waals surface area contributed by atoms with E-state index >= 15 is 0 Å². The Morgan fingerprint density at radius 3 is 1.11 bits per heavy atom. The van der Waals surface area contributed by atoms with E-state index in [1.54, 1.807) is 6.92 Å². The van der Waals surface area contributed by atoms with Crippen LogP contribution in [0.4, 0.5) is 0 Å². The van der Waals surface area contributed by atoms with Crippen LogP contribution in [-0.2, 0) is 32.7 Å². The zero-order valence-electron chi connectivity index (χ0n) is 38.5. The zero-order valence-corrected chi connectivity index (χ0v) is 39.4. The van der Waals surface area contributed by atoms with Crippen molar-refractivity contribution in [2.24, 2.45) is 0 Å². The summed E-state index contributed by atoms with van der Waals surface area (Å²) in [5.41, 5.74) is 0. The van der Waals surface area contributed by atoms with Gasteiger partial charge in [0.1, 0.15) is 43.2 Å². The number of aliphatic hydroxyl groups is 5. The Hall–Kier alpha value is -1.15. The molecule has 1 rings (SSSR count). The molecule has 0 spiro atoms. The van der Waals surface area contributed by atoms with Crippen LogP contribution in [0.2, 0.25) is 0 Å². The van der Waals surface area contributed by atoms with Gasteiger partial charge in [0.05, 0.1) is 6.61 Å². The fourth-order valence-corrected chi connectivity index (χ4v) is 8.95. The molecule has 0 radical (unpaired) electrons. The predicted octanol–water partition coefficient (Wildman–Crippen LogP) is 10.1. The van der Waals surface area contributed by atoms with Gasteiger partial charge in [-0.1, -0.05) is 206 Å². The van der Waals surface area contributed by atoms with Crippen LogP contribution in [0.25, 0.3) is 0 Å². The summed E-state index contributed by atoms with van der Waals surface area (Å²) in [5, 5.41) is 49.6. The highest BCUT2D eigenvalue weighted by atomic mass is 31.2. The maximum Gasteiger partial charge on any atom is 0.472 e. The first-order valence-electron chi connectivity index (χ1n) is 24.8. The molecule has 1 aliphatic rings. The second-order valence-electron chi connectivity index (χ2n) is 17.7. The van der Waals surface area contributed by atoms with Gasteiger partial charge in [0.15, 0.2) is 6.10 Å². The third kappa shape index (κ3) is 30.6. The number of unbranched alkanes of at least 4 members (excludes halogenated alkanes) is 30. The number of hydrogen-bond donors (Lipinski definition) is 6. The van der Waals surface area contributed by atoms with Crippen LogP contribution in [0, 0.1) is 0 Å². The van der Waals surface area contributed by atoms with Gasteiger partial charge in [0.25, 0.3) is 0 Å². The molecule has 6 unspecified atom stereocenters. The van der Waals surface area contributed by atoms with E-state index in [-0.39, 0.29) is 12.8 Å². The number of carbonyl (C=O) groups is 2. The van der Waals surface area contributed by atoms with E-state index in [1.165, 1.54) is 173 Å². The number of phosphoric acid groups is 1. The van der Waals surface area contributed by atoms with Crippen molar-refractivity contribution in [1.82, 2.24) is 0 Å². The third-order valence-corrected chi connectivity index (χ3v) is 12.9. The van der Waals surface area contributed by atoms with Crippen LogP contribution in [0.15, 0.2) is 0 Å². The van der Waals surface area contributed by atoms with Crippen LogP contribution in [0.1, 0.15) is 232 Å². The van der Waals surface area contributed by atoms with E-state index in [9.17, 15) is 44.6 Å². The average molecular weight is 895 g/mol. The molecule has 1 aliphatic carbocycles. The smallest absolute Gasteiger partial charge is 0.462 e. The molecule has 362 valence electrons. The number of hydrogen-bond acceptors (Lipinski definition) is 12. The van der Waals surface area contributed by atoms with Gasteiger partial charge in [0.2, 0.25) is 0 Å². The monoisotopic (exact) mass is 895 g/mol. The Labute approximate surface area is 370 Å². The molecule has 0 aliphatic heterocycles. The highest BCUT2D eigenvalue weighted by Crippen LogP contribution is 2.47. The molecule has 13 nitrogen and oxygen atoms in total. The minimum Gasteiger partial charge on any atom is -0.462 e. The van der Waals surface area contributed by atoms with Crippen molar-refractivity contribution >= 4 is 19.8 Å². The van der Waals surface area contributed by atoms with Gasteiger partial charge in [-0.15, -0.1) is 0 Å². The Morgan fingerprint density at radius 2 is 0.770 bits per heavy atom. The van der Waals surface area contributed by atoms with Gasteiger partial charge in [-0.25, -0.2) is 4.57 Å². The summed E-state index contributed by atoms with van der Waals surface area (Å²) in [5.74, 6) is -1.15. The van der Waals surface area contributed by atoms with Gasteiger partial charge in [-0.05, 0) is 12.8 Å². The van der Waals surface area contributed by atoms with Crippen LogP contribution in [-0.4, -0.2) is 98.3 Å². The van der Waals surface area contributed by atoms with E-state index in [0.29, 0.717) is 12.8 Å². The van der Waals surface area contributed by atoms with E-state index in [2.05, 4.69) is 6.92 Å². The second-order valence-corrected chi connectivity index (χ2v) is 19.1. The van der Waals surface area contributed by atoms with Crippen molar-refractivity contribution in [1.29, 1.82) is 0 Å². The number of carbonyl (C=O) groups excluding carboxylic acids is 2. The van der Waals surface area contributed by atoms with Crippen molar-refractivity contribution in [2.75, 3.05) is 13.2 Å². The number of aliphatic hydroxyl groups excluding tert-OH is 5. The Balaban J connectivity index is 1.99. The number of phosphoric ester groups is 1. The van der Waals surface area contributed by atoms with Crippen molar-refractivity contribution in [3.63, 3.8) is 0 Å². The van der Waals surface area contributed by atoms with Crippen LogP contribution in [0.3, 0.4) is 0 Å². The summed E-state index contributed by atoms with van der Waals surface area (Å²) < 4.78 is 32.8. The average Bonchev–Trinajstić information content (AvgIpc) is 3.24. The van der Waals surface area contributed by atoms with Crippen molar-refractivity contribution in [2.45, 2.75) is 275 Å². The zero-order chi connectivity index (χ0) is 45.0. The Morgan fingerprint density at radius 1 is 0.443 bits per heavy atom. The second kappa shape index (κ2) is 38.2. The number of rotatable bonds is 42. The summed E-state index contributed by atoms with van der Waals surface area (Å²) in [7, 11) is -5.08. The molecule has 0 aromatic carbocycles. The molecule has 1 saturated carbocycles. The summed E-state index contributed by atoms with van der Waals surface area (Å²) in [6.07, 6.45) is 28.7. The fraction of sp³-hybridized carbons (Fsp3) is 0.957. The van der Waals surface area contributed by atoms with Gasteiger partial charge >= 0.3 is 19.8 Å². The fourth-order valence-electron chi connectivity index (χ4n) is 7.98. The number of esters is 2. The topological polar surface area (TPSA) is 210 Å². The molecular formula is C47H91O13P. The molecule has 14 heteroatoms. The Bertz CT molecular complexity index is 1080. The highest BCUT2D eigenvalue weighted by molar-refractivity contribution is 7.47. The van der Waals surface area contributed by atoms with Crippen molar-refractivity contribution < 1.29 is 63.1 Å². The van der Waals surface area contributed by atoms with Gasteiger partial charge < -0.3 is 39.9 Å². The molecule has 0 saturated heterocycles. The lowest BCUT2D eigenvalue weighted by Crippen LogP contribution is -2.64.